The molecule has 5 rings (SSSR count). The molecule has 0 radical (unpaired) electrons. The lowest BCUT2D eigenvalue weighted by molar-refractivity contribution is -0.350. The van der Waals surface area contributed by atoms with Crippen LogP contribution in [0.2, 0.25) is 0 Å². The van der Waals surface area contributed by atoms with Crippen molar-refractivity contribution in [3.63, 3.8) is 0 Å². The average Bonchev–Trinajstić information content (AvgIpc) is 3.22. The Labute approximate surface area is 236 Å². The number of ether oxygens (including phenoxy) is 5. The van der Waals surface area contributed by atoms with Gasteiger partial charge in [0, 0.05) is 5.92 Å². The molecule has 0 aromatic carbocycles. The summed E-state index contributed by atoms with van der Waals surface area (Å²) < 4.78 is 29.3. The Morgan fingerprint density at radius 2 is 1.24 bits per heavy atom. The molecule has 0 spiro atoms. The van der Waals surface area contributed by atoms with Crippen LogP contribution in [0.1, 0.15) is 38.5 Å². The van der Waals surface area contributed by atoms with Crippen LogP contribution >= 0.6 is 0 Å². The largest absolute Gasteiger partial charge is 0.394 e. The van der Waals surface area contributed by atoms with Crippen molar-refractivity contribution in [3.8, 4) is 0 Å². The maximum absolute atomic E-state index is 11.0. The molecule has 2 saturated carbocycles. The Morgan fingerprint density at radius 3 is 1.90 bits per heavy atom. The lowest BCUT2D eigenvalue weighted by Gasteiger charge is -2.51. The smallest absolute Gasteiger partial charge is 0.187 e. The van der Waals surface area contributed by atoms with Gasteiger partial charge in [0.25, 0.3) is 0 Å². The highest BCUT2D eigenvalue weighted by Gasteiger charge is 2.54. The minimum absolute atomic E-state index is 0.171. The van der Waals surface area contributed by atoms with Gasteiger partial charge in [-0.2, -0.15) is 0 Å². The number of hydrogen-bond donors (Lipinski definition) is 10. The first kappa shape index (κ1) is 31.8. The summed E-state index contributed by atoms with van der Waals surface area (Å²) in [5, 5.41) is 103. The van der Waals surface area contributed by atoms with Gasteiger partial charge in [0.15, 0.2) is 12.6 Å². The maximum Gasteiger partial charge on any atom is 0.187 e. The molecule has 15 nitrogen and oxygen atoms in total. The monoisotopic (exact) mass is 596 g/mol. The van der Waals surface area contributed by atoms with Gasteiger partial charge in [-0.15, -0.1) is 0 Å². The van der Waals surface area contributed by atoms with Gasteiger partial charge in [-0.05, 0) is 44.4 Å². The van der Waals surface area contributed by atoms with E-state index >= 15 is 0 Å². The molecule has 18 atom stereocenters. The lowest BCUT2D eigenvalue weighted by Crippen LogP contribution is -2.63. The van der Waals surface area contributed by atoms with Crippen LogP contribution in [0.5, 0.6) is 0 Å². The van der Waals surface area contributed by atoms with E-state index < -0.39 is 111 Å². The summed E-state index contributed by atoms with van der Waals surface area (Å²) in [6, 6.07) is 0. The van der Waals surface area contributed by atoms with Crippen LogP contribution in [0.3, 0.4) is 0 Å². The summed E-state index contributed by atoms with van der Waals surface area (Å²) in [4.78, 5) is 0. The van der Waals surface area contributed by atoms with Gasteiger partial charge in [-0.3, -0.25) is 0 Å². The molecule has 9 unspecified atom stereocenters. The zero-order valence-electron chi connectivity index (χ0n) is 22.6. The van der Waals surface area contributed by atoms with E-state index in [4.69, 9.17) is 23.7 Å². The third kappa shape index (κ3) is 6.45. The SMILES string of the molecule is OC[C@@H]1O[C@H](O[C@@H]2[C@@H](O)[C@H](O)[C@@H](OC3CC4C(O)CC(O)CC4OC3C3CCC(O)C(O)C3)O[C@H]2CO)[C@H](O)[C@H]1O. The van der Waals surface area contributed by atoms with Crippen LogP contribution in [0.15, 0.2) is 0 Å². The van der Waals surface area contributed by atoms with E-state index in [1.807, 2.05) is 0 Å². The summed E-state index contributed by atoms with van der Waals surface area (Å²) in [5.74, 6) is -0.640. The van der Waals surface area contributed by atoms with Gasteiger partial charge < -0.3 is 74.7 Å². The topological polar surface area (TPSA) is 248 Å². The molecule has 0 amide bonds. The van der Waals surface area contributed by atoms with E-state index in [0.717, 1.165) is 0 Å². The highest BCUT2D eigenvalue weighted by molar-refractivity contribution is 4.99. The van der Waals surface area contributed by atoms with Crippen LogP contribution in [0, 0.1) is 11.8 Å². The number of hydrogen-bond acceptors (Lipinski definition) is 15. The van der Waals surface area contributed by atoms with Crippen LogP contribution in [0.25, 0.3) is 0 Å². The van der Waals surface area contributed by atoms with Crippen molar-refractivity contribution in [1.29, 1.82) is 0 Å². The fraction of sp³-hybridized carbons (Fsp3) is 1.00. The molecule has 0 bridgehead atoms. The maximum atomic E-state index is 11.0. The van der Waals surface area contributed by atoms with Crippen LogP contribution in [-0.4, -0.2) is 162 Å². The molecule has 10 N–H and O–H groups in total. The highest BCUT2D eigenvalue weighted by Crippen LogP contribution is 2.43. The molecule has 3 aliphatic heterocycles. The Hall–Kier alpha value is -0.600. The minimum Gasteiger partial charge on any atom is -0.394 e. The molecule has 5 aliphatic rings. The van der Waals surface area contributed by atoms with Crippen molar-refractivity contribution in [2.75, 3.05) is 13.2 Å². The zero-order chi connectivity index (χ0) is 29.6. The van der Waals surface area contributed by atoms with E-state index in [0.29, 0.717) is 19.3 Å². The van der Waals surface area contributed by atoms with Gasteiger partial charge in [-0.25, -0.2) is 0 Å². The number of fused-ring (bicyclic) bond motifs is 1. The third-order valence-electron chi connectivity index (χ3n) is 9.40. The molecule has 41 heavy (non-hydrogen) atoms. The highest BCUT2D eigenvalue weighted by atomic mass is 16.7. The average molecular weight is 597 g/mol. The minimum atomic E-state index is -1.70. The number of aliphatic hydroxyl groups excluding tert-OH is 10. The van der Waals surface area contributed by atoms with Gasteiger partial charge in [0.1, 0.15) is 42.7 Å². The van der Waals surface area contributed by atoms with Crippen LogP contribution < -0.4 is 0 Å². The second-order valence-electron chi connectivity index (χ2n) is 12.1. The lowest BCUT2D eigenvalue weighted by atomic mass is 9.72. The van der Waals surface area contributed by atoms with Crippen molar-refractivity contribution < 1.29 is 74.7 Å². The molecule has 0 aromatic heterocycles. The molecule has 3 heterocycles. The Morgan fingerprint density at radius 1 is 0.585 bits per heavy atom. The van der Waals surface area contributed by atoms with E-state index in [9.17, 15) is 51.1 Å². The zero-order valence-corrected chi connectivity index (χ0v) is 22.6. The van der Waals surface area contributed by atoms with Crippen LogP contribution in [-0.2, 0) is 23.7 Å². The van der Waals surface area contributed by atoms with E-state index in [-0.39, 0.29) is 31.1 Å². The number of aliphatic hydroxyl groups is 10. The Bertz CT molecular complexity index is 850. The first-order chi connectivity index (χ1) is 19.5. The fourth-order valence-electron chi connectivity index (χ4n) is 7.04. The molecule has 0 aromatic rings. The van der Waals surface area contributed by atoms with Crippen LogP contribution in [0.4, 0.5) is 0 Å². The summed E-state index contributed by atoms with van der Waals surface area (Å²) >= 11 is 0. The van der Waals surface area contributed by atoms with Gasteiger partial charge in [0.05, 0.1) is 55.9 Å². The first-order valence-corrected chi connectivity index (χ1v) is 14.5. The molecule has 3 saturated heterocycles. The molecular formula is C26H44O15. The number of rotatable bonds is 7. The first-order valence-electron chi connectivity index (χ1n) is 14.5. The van der Waals surface area contributed by atoms with Gasteiger partial charge in [-0.1, -0.05) is 0 Å². The van der Waals surface area contributed by atoms with Crippen molar-refractivity contribution in [1.82, 2.24) is 0 Å². The second kappa shape index (κ2) is 13.2. The summed E-state index contributed by atoms with van der Waals surface area (Å²) in [6.07, 6.45) is -16.6. The molecule has 15 heteroatoms. The van der Waals surface area contributed by atoms with Crippen molar-refractivity contribution >= 4 is 0 Å². The molecule has 2 aliphatic carbocycles. The van der Waals surface area contributed by atoms with Crippen molar-refractivity contribution in [2.24, 2.45) is 11.8 Å². The predicted molar refractivity (Wildman–Crippen MR) is 133 cm³/mol. The quantitative estimate of drug-likeness (QED) is 0.133. The summed E-state index contributed by atoms with van der Waals surface area (Å²) in [5.41, 5.74) is 0. The molecule has 238 valence electrons. The predicted octanol–water partition coefficient (Wildman–Crippen LogP) is -4.55. The van der Waals surface area contributed by atoms with Crippen molar-refractivity contribution in [2.45, 2.75) is 137 Å². The third-order valence-corrected chi connectivity index (χ3v) is 9.40. The van der Waals surface area contributed by atoms with E-state index in [1.165, 1.54) is 0 Å². The van der Waals surface area contributed by atoms with E-state index in [2.05, 4.69) is 0 Å². The second-order valence-corrected chi connectivity index (χ2v) is 12.1. The molecule has 5 fully saturated rings. The fourth-order valence-corrected chi connectivity index (χ4v) is 7.04. The molecular weight excluding hydrogens is 552 g/mol. The van der Waals surface area contributed by atoms with E-state index in [1.54, 1.807) is 0 Å². The Kier molecular flexibility index (Phi) is 10.2. The summed E-state index contributed by atoms with van der Waals surface area (Å²) in [6.45, 7) is -1.28. The standard InChI is InChI=1S/C26H44O15/c27-7-17-19(33)21(35)26(39-17)41-24-18(8-28)40-25(22(36)20(24)34)38-16-6-11-13(31)4-10(29)5-15(11)37-23(16)9-1-2-12(30)14(32)3-9/h9-36H,1-8H2/t9?,10?,11?,12?,13?,14?,15?,16?,17-,18-,19-,20-,21+,22-,23?,24-,25-,26+/m0/s1. The van der Waals surface area contributed by atoms with Gasteiger partial charge >= 0.3 is 0 Å². The van der Waals surface area contributed by atoms with Crippen molar-refractivity contribution in [3.05, 3.63) is 0 Å². The summed E-state index contributed by atoms with van der Waals surface area (Å²) in [7, 11) is 0. The Balaban J connectivity index is 1.30. The normalized spacial score (nSPS) is 54.6. The van der Waals surface area contributed by atoms with Gasteiger partial charge in [0.2, 0.25) is 0 Å².